The molecule has 78 valence electrons. The number of nitrogens with zero attached hydrogens (tertiary/aromatic N) is 2. The Kier molecular flexibility index (Phi) is 2.79. The molecule has 1 atom stereocenters. The number of hydrogen-bond donors (Lipinski definition) is 1. The number of thiophene rings is 1. The molecule has 2 aromatic rings. The van der Waals surface area contributed by atoms with Crippen molar-refractivity contribution in [2.75, 3.05) is 0 Å². The fourth-order valence-corrected chi connectivity index (χ4v) is 2.11. The van der Waals surface area contributed by atoms with Crippen LogP contribution in [0.1, 0.15) is 24.2 Å². The van der Waals surface area contributed by atoms with Crippen molar-refractivity contribution in [3.8, 4) is 10.7 Å². The smallest absolute Gasteiger partial charge is 0.169 e. The third-order valence-corrected chi connectivity index (χ3v) is 3.12. The van der Waals surface area contributed by atoms with E-state index in [1.54, 1.807) is 11.3 Å². The molecule has 0 amide bonds. The van der Waals surface area contributed by atoms with Crippen molar-refractivity contribution in [1.29, 1.82) is 0 Å². The van der Waals surface area contributed by atoms with Gasteiger partial charge in [-0.25, -0.2) is 9.97 Å². The largest absolute Gasteiger partial charge is 0.324 e. The first-order chi connectivity index (χ1) is 7.18. The lowest BCUT2D eigenvalue weighted by Gasteiger charge is -2.08. The standard InChI is InChI=1S/C11H13N3S/c1-7(12)9-6-13-11(14-8(9)2)10-4-3-5-15-10/h3-7H,12H2,1-2H3. The van der Waals surface area contributed by atoms with Gasteiger partial charge < -0.3 is 5.73 Å². The molecule has 2 N–H and O–H groups in total. The van der Waals surface area contributed by atoms with E-state index in [9.17, 15) is 0 Å². The number of aromatic nitrogens is 2. The van der Waals surface area contributed by atoms with Gasteiger partial charge in [-0.1, -0.05) is 6.07 Å². The molecule has 2 aromatic heterocycles. The van der Waals surface area contributed by atoms with Crippen LogP contribution in [0, 0.1) is 6.92 Å². The summed E-state index contributed by atoms with van der Waals surface area (Å²) in [7, 11) is 0. The highest BCUT2D eigenvalue weighted by Crippen LogP contribution is 2.22. The molecule has 0 radical (unpaired) electrons. The third-order valence-electron chi connectivity index (χ3n) is 2.25. The van der Waals surface area contributed by atoms with Gasteiger partial charge in [0.15, 0.2) is 5.82 Å². The minimum Gasteiger partial charge on any atom is -0.324 e. The summed E-state index contributed by atoms with van der Waals surface area (Å²) in [6.07, 6.45) is 1.82. The van der Waals surface area contributed by atoms with Gasteiger partial charge in [0.25, 0.3) is 0 Å². The van der Waals surface area contributed by atoms with Crippen molar-refractivity contribution >= 4 is 11.3 Å². The minimum absolute atomic E-state index is 0.0117. The van der Waals surface area contributed by atoms with Crippen LogP contribution in [0.5, 0.6) is 0 Å². The molecule has 0 aliphatic heterocycles. The second-order valence-electron chi connectivity index (χ2n) is 3.50. The maximum absolute atomic E-state index is 5.81. The maximum atomic E-state index is 5.81. The summed E-state index contributed by atoms with van der Waals surface area (Å²) in [4.78, 5) is 9.87. The van der Waals surface area contributed by atoms with Gasteiger partial charge in [-0.3, -0.25) is 0 Å². The van der Waals surface area contributed by atoms with Crippen LogP contribution in [-0.2, 0) is 0 Å². The first-order valence-corrected chi connectivity index (χ1v) is 5.69. The average molecular weight is 219 g/mol. The molecule has 0 saturated carbocycles. The molecule has 0 aromatic carbocycles. The molecule has 0 fully saturated rings. The first kappa shape index (κ1) is 10.3. The van der Waals surface area contributed by atoms with Gasteiger partial charge in [-0.05, 0) is 25.3 Å². The van der Waals surface area contributed by atoms with Gasteiger partial charge in [0, 0.05) is 23.5 Å². The fraction of sp³-hybridized carbons (Fsp3) is 0.273. The lowest BCUT2D eigenvalue weighted by Crippen LogP contribution is -2.09. The van der Waals surface area contributed by atoms with Crippen LogP contribution in [0.4, 0.5) is 0 Å². The van der Waals surface area contributed by atoms with Crippen LogP contribution in [0.15, 0.2) is 23.7 Å². The summed E-state index contributed by atoms with van der Waals surface area (Å²) in [5.74, 6) is 0.784. The topological polar surface area (TPSA) is 51.8 Å². The van der Waals surface area contributed by atoms with Crippen molar-refractivity contribution in [1.82, 2.24) is 9.97 Å². The summed E-state index contributed by atoms with van der Waals surface area (Å²) in [5, 5.41) is 2.02. The van der Waals surface area contributed by atoms with Crippen molar-refractivity contribution in [3.63, 3.8) is 0 Å². The van der Waals surface area contributed by atoms with Gasteiger partial charge in [0.2, 0.25) is 0 Å². The van der Waals surface area contributed by atoms with Crippen molar-refractivity contribution in [3.05, 3.63) is 35.0 Å². The SMILES string of the molecule is Cc1nc(-c2cccs2)ncc1C(C)N. The fourth-order valence-electron chi connectivity index (χ4n) is 1.45. The Bertz CT molecular complexity index is 449. The Labute approximate surface area is 93.0 Å². The van der Waals surface area contributed by atoms with Crippen LogP contribution in [-0.4, -0.2) is 9.97 Å². The number of nitrogens with two attached hydrogens (primary N) is 1. The van der Waals surface area contributed by atoms with E-state index in [4.69, 9.17) is 5.73 Å². The lowest BCUT2D eigenvalue weighted by molar-refractivity contribution is 0.790. The van der Waals surface area contributed by atoms with Crippen molar-refractivity contribution in [2.45, 2.75) is 19.9 Å². The average Bonchev–Trinajstić information content (AvgIpc) is 2.69. The summed E-state index contributed by atoms with van der Waals surface area (Å²) in [5.41, 5.74) is 7.78. The molecule has 0 saturated heterocycles. The molecule has 15 heavy (non-hydrogen) atoms. The van der Waals surface area contributed by atoms with Crippen LogP contribution < -0.4 is 5.73 Å². The minimum atomic E-state index is -0.0117. The second kappa shape index (κ2) is 4.08. The zero-order valence-electron chi connectivity index (χ0n) is 8.77. The maximum Gasteiger partial charge on any atom is 0.169 e. The van der Waals surface area contributed by atoms with Gasteiger partial charge in [-0.2, -0.15) is 0 Å². The molecule has 2 heterocycles. The summed E-state index contributed by atoms with van der Waals surface area (Å²) >= 11 is 1.64. The molecule has 0 spiro atoms. The summed E-state index contributed by atoms with van der Waals surface area (Å²) in [6, 6.07) is 4.01. The third kappa shape index (κ3) is 2.06. The van der Waals surface area contributed by atoms with Crippen LogP contribution >= 0.6 is 11.3 Å². The molecular weight excluding hydrogens is 206 g/mol. The molecule has 0 aliphatic carbocycles. The highest BCUT2D eigenvalue weighted by atomic mass is 32.1. The first-order valence-electron chi connectivity index (χ1n) is 4.81. The molecule has 3 nitrogen and oxygen atoms in total. The van der Waals surface area contributed by atoms with E-state index in [1.165, 1.54) is 0 Å². The monoisotopic (exact) mass is 219 g/mol. The number of hydrogen-bond acceptors (Lipinski definition) is 4. The predicted molar refractivity (Wildman–Crippen MR) is 62.7 cm³/mol. The predicted octanol–water partition coefficient (Wildman–Crippen LogP) is 2.53. The summed E-state index contributed by atoms with van der Waals surface area (Å²) in [6.45, 7) is 3.91. The van der Waals surface area contributed by atoms with E-state index >= 15 is 0 Å². The van der Waals surface area contributed by atoms with Crippen LogP contribution in [0.25, 0.3) is 10.7 Å². The van der Waals surface area contributed by atoms with Crippen LogP contribution in [0.3, 0.4) is 0 Å². The molecule has 4 heteroatoms. The van der Waals surface area contributed by atoms with E-state index in [0.29, 0.717) is 0 Å². The second-order valence-corrected chi connectivity index (χ2v) is 4.45. The van der Waals surface area contributed by atoms with E-state index in [0.717, 1.165) is 22.0 Å². The van der Waals surface area contributed by atoms with E-state index in [2.05, 4.69) is 9.97 Å². The van der Waals surface area contributed by atoms with Crippen molar-refractivity contribution in [2.24, 2.45) is 5.73 Å². The Balaban J connectivity index is 2.42. The molecular formula is C11H13N3S. The van der Waals surface area contributed by atoms with E-state index < -0.39 is 0 Å². The van der Waals surface area contributed by atoms with Crippen LogP contribution in [0.2, 0.25) is 0 Å². The molecule has 0 aliphatic rings. The Morgan fingerprint density at radius 3 is 2.80 bits per heavy atom. The number of rotatable bonds is 2. The van der Waals surface area contributed by atoms with Gasteiger partial charge in [0.05, 0.1) is 4.88 Å². The summed E-state index contributed by atoms with van der Waals surface area (Å²) < 4.78 is 0. The zero-order chi connectivity index (χ0) is 10.8. The van der Waals surface area contributed by atoms with Crippen molar-refractivity contribution < 1.29 is 0 Å². The van der Waals surface area contributed by atoms with Gasteiger partial charge >= 0.3 is 0 Å². The highest BCUT2D eigenvalue weighted by molar-refractivity contribution is 7.13. The quantitative estimate of drug-likeness (QED) is 0.844. The zero-order valence-corrected chi connectivity index (χ0v) is 9.58. The Morgan fingerprint density at radius 2 is 2.27 bits per heavy atom. The van der Waals surface area contributed by atoms with E-state index in [1.807, 2.05) is 37.6 Å². The van der Waals surface area contributed by atoms with E-state index in [-0.39, 0.29) is 6.04 Å². The highest BCUT2D eigenvalue weighted by Gasteiger charge is 2.08. The molecule has 0 bridgehead atoms. The normalized spacial score (nSPS) is 12.7. The lowest BCUT2D eigenvalue weighted by atomic mass is 10.1. The Morgan fingerprint density at radius 1 is 1.47 bits per heavy atom. The molecule has 2 rings (SSSR count). The molecule has 1 unspecified atom stereocenters. The number of aryl methyl sites for hydroxylation is 1. The van der Waals surface area contributed by atoms with Gasteiger partial charge in [0.1, 0.15) is 0 Å². The Hall–Kier alpha value is -1.26. The van der Waals surface area contributed by atoms with Gasteiger partial charge in [-0.15, -0.1) is 11.3 Å².